The molecule has 0 aliphatic heterocycles. The van der Waals surface area contributed by atoms with Crippen molar-refractivity contribution in [1.29, 1.82) is 5.41 Å². The second-order valence-electron chi connectivity index (χ2n) is 4.42. The number of nitrogens with one attached hydrogen (secondary N) is 1. The number of nitrogens with zero attached hydrogens (tertiary/aromatic N) is 1. The van der Waals surface area contributed by atoms with Crippen LogP contribution in [0.2, 0.25) is 0 Å². The maximum absolute atomic E-state index is 8.28. The zero-order chi connectivity index (χ0) is 11.1. The summed E-state index contributed by atoms with van der Waals surface area (Å²) in [4.78, 5) is 0. The lowest BCUT2D eigenvalue weighted by atomic mass is 10.1. The molecule has 90 valence electrons. The molecule has 0 saturated carbocycles. The van der Waals surface area contributed by atoms with Gasteiger partial charge in [0, 0.05) is 17.6 Å². The summed E-state index contributed by atoms with van der Waals surface area (Å²) in [7, 11) is 0. The summed E-state index contributed by atoms with van der Waals surface area (Å²) in [5.41, 5.74) is 3.89. The second kappa shape index (κ2) is 4.65. The van der Waals surface area contributed by atoms with Crippen molar-refractivity contribution in [2.24, 2.45) is 0 Å². The fraction of sp³-hybridized carbons (Fsp3) is 0.357. The highest BCUT2D eigenvalue weighted by Gasteiger charge is 2.18. The van der Waals surface area contributed by atoms with E-state index in [2.05, 4.69) is 29.7 Å². The Bertz CT molecular complexity index is 613. The van der Waals surface area contributed by atoms with Gasteiger partial charge in [-0.15, -0.1) is 17.0 Å². The number of para-hydroxylation sites is 1. The highest BCUT2D eigenvalue weighted by molar-refractivity contribution is 8.93. The van der Waals surface area contributed by atoms with Crippen LogP contribution in [0.4, 0.5) is 0 Å². The lowest BCUT2D eigenvalue weighted by molar-refractivity contribution is 0.732. The van der Waals surface area contributed by atoms with Crippen LogP contribution in [0.1, 0.15) is 24.6 Å². The normalized spacial score (nSPS) is 13.5. The molecule has 0 atom stereocenters. The largest absolute Gasteiger partial charge is 0.344 e. The molecule has 3 rings (SSSR count). The van der Waals surface area contributed by atoms with E-state index in [0.717, 1.165) is 30.1 Å². The number of hydrogen-bond donors (Lipinski definition) is 1. The Morgan fingerprint density at radius 2 is 2.00 bits per heavy atom. The summed E-state index contributed by atoms with van der Waals surface area (Å²) < 4.78 is 2.38. The third-order valence-corrected chi connectivity index (χ3v) is 3.60. The molecule has 3 heteroatoms. The molecule has 1 aromatic heterocycles. The molecule has 2 aromatic rings. The minimum Gasteiger partial charge on any atom is -0.344 e. The van der Waals surface area contributed by atoms with Gasteiger partial charge in [-0.3, -0.25) is 5.41 Å². The number of pyridine rings is 1. The summed E-state index contributed by atoms with van der Waals surface area (Å²) in [6, 6.07) is 8.30. The number of aromatic nitrogens is 1. The molecule has 1 heterocycles. The van der Waals surface area contributed by atoms with Crippen molar-refractivity contribution in [2.75, 3.05) is 0 Å². The van der Waals surface area contributed by atoms with Gasteiger partial charge in [-0.25, -0.2) is 0 Å². The number of aryl methyl sites for hydroxylation is 1. The quantitative estimate of drug-likeness (QED) is 0.836. The third kappa shape index (κ3) is 1.73. The molecular formula is C14H17BrN2. The molecular weight excluding hydrogens is 276 g/mol. The van der Waals surface area contributed by atoms with Gasteiger partial charge in [0.2, 0.25) is 0 Å². The van der Waals surface area contributed by atoms with Crippen LogP contribution >= 0.6 is 17.0 Å². The minimum absolute atomic E-state index is 0. The number of halogens is 1. The molecule has 1 aromatic carbocycles. The standard InChI is InChI=1S/C14H16N2.BrH/c1-2-16-12-8-4-3-6-10(12)14(15)11-7-5-9-13(11)16;/h3-4,6,8,15H,2,5,7,9H2,1H3;1H. The predicted octanol–water partition coefficient (Wildman–Crippen LogP) is 3.21. The van der Waals surface area contributed by atoms with Gasteiger partial charge in [0.15, 0.2) is 0 Å². The fourth-order valence-corrected chi connectivity index (χ4v) is 2.88. The van der Waals surface area contributed by atoms with Crippen LogP contribution in [-0.4, -0.2) is 4.57 Å². The molecule has 17 heavy (non-hydrogen) atoms. The first-order valence-corrected chi connectivity index (χ1v) is 6.01. The Labute approximate surface area is 112 Å². The van der Waals surface area contributed by atoms with E-state index in [9.17, 15) is 0 Å². The maximum Gasteiger partial charge on any atom is 0.0682 e. The Kier molecular flexibility index (Phi) is 3.38. The smallest absolute Gasteiger partial charge is 0.0682 e. The molecule has 0 amide bonds. The topological polar surface area (TPSA) is 28.8 Å². The number of benzene rings is 1. The number of hydrogen-bond acceptors (Lipinski definition) is 1. The van der Waals surface area contributed by atoms with Crippen molar-refractivity contribution in [1.82, 2.24) is 4.57 Å². The second-order valence-corrected chi connectivity index (χ2v) is 4.42. The predicted molar refractivity (Wildman–Crippen MR) is 75.8 cm³/mol. The van der Waals surface area contributed by atoms with Crippen LogP contribution in [0.15, 0.2) is 24.3 Å². The summed E-state index contributed by atoms with van der Waals surface area (Å²) in [5.74, 6) is 0. The number of fused-ring (bicyclic) bond motifs is 2. The van der Waals surface area contributed by atoms with Crippen molar-refractivity contribution < 1.29 is 0 Å². The fourth-order valence-electron chi connectivity index (χ4n) is 2.88. The number of rotatable bonds is 1. The molecule has 0 bridgehead atoms. The van der Waals surface area contributed by atoms with Crippen LogP contribution in [0.5, 0.6) is 0 Å². The van der Waals surface area contributed by atoms with E-state index in [1.165, 1.54) is 23.2 Å². The Morgan fingerprint density at radius 3 is 2.76 bits per heavy atom. The van der Waals surface area contributed by atoms with Crippen molar-refractivity contribution in [3.63, 3.8) is 0 Å². The van der Waals surface area contributed by atoms with Gasteiger partial charge in [-0.05, 0) is 37.8 Å². The van der Waals surface area contributed by atoms with Gasteiger partial charge in [0.1, 0.15) is 0 Å². The van der Waals surface area contributed by atoms with E-state index in [4.69, 9.17) is 5.41 Å². The summed E-state index contributed by atoms with van der Waals surface area (Å²) in [5, 5.41) is 10.1. The average molecular weight is 293 g/mol. The van der Waals surface area contributed by atoms with Crippen molar-refractivity contribution >= 4 is 27.9 Å². The molecule has 1 aliphatic carbocycles. The van der Waals surface area contributed by atoms with E-state index in [1.54, 1.807) is 0 Å². The molecule has 1 aliphatic rings. The Morgan fingerprint density at radius 1 is 1.24 bits per heavy atom. The van der Waals surface area contributed by atoms with Crippen molar-refractivity contribution in [2.45, 2.75) is 32.7 Å². The van der Waals surface area contributed by atoms with Gasteiger partial charge in [0.25, 0.3) is 0 Å². The van der Waals surface area contributed by atoms with Gasteiger partial charge >= 0.3 is 0 Å². The van der Waals surface area contributed by atoms with E-state index in [-0.39, 0.29) is 17.0 Å². The SMILES string of the molecule is Br.CCn1c2c(c(=N)c3ccccc31)CCC2. The Balaban J connectivity index is 0.00000108. The lowest BCUT2D eigenvalue weighted by Crippen LogP contribution is -2.16. The molecule has 0 spiro atoms. The molecule has 1 N–H and O–H groups in total. The summed E-state index contributed by atoms with van der Waals surface area (Å²) >= 11 is 0. The van der Waals surface area contributed by atoms with E-state index >= 15 is 0 Å². The maximum atomic E-state index is 8.28. The molecule has 0 unspecified atom stereocenters. The van der Waals surface area contributed by atoms with Gasteiger partial charge < -0.3 is 4.57 Å². The molecule has 0 fully saturated rings. The van der Waals surface area contributed by atoms with Gasteiger partial charge in [-0.1, -0.05) is 18.2 Å². The molecule has 2 nitrogen and oxygen atoms in total. The van der Waals surface area contributed by atoms with Crippen LogP contribution < -0.4 is 5.36 Å². The first-order chi connectivity index (χ1) is 7.83. The van der Waals surface area contributed by atoms with E-state index in [0.29, 0.717) is 0 Å². The lowest BCUT2D eigenvalue weighted by Gasteiger charge is -2.15. The van der Waals surface area contributed by atoms with Gasteiger partial charge in [0.05, 0.1) is 10.9 Å². The molecule has 0 radical (unpaired) electrons. The van der Waals surface area contributed by atoms with E-state index < -0.39 is 0 Å². The molecule has 0 saturated heterocycles. The van der Waals surface area contributed by atoms with Crippen LogP contribution in [0.25, 0.3) is 10.9 Å². The summed E-state index contributed by atoms with van der Waals surface area (Å²) in [6.45, 7) is 3.19. The minimum atomic E-state index is 0. The third-order valence-electron chi connectivity index (χ3n) is 3.60. The Hall–Kier alpha value is -1.09. The zero-order valence-electron chi connectivity index (χ0n) is 9.99. The van der Waals surface area contributed by atoms with Crippen LogP contribution in [0.3, 0.4) is 0 Å². The van der Waals surface area contributed by atoms with Gasteiger partial charge in [-0.2, -0.15) is 0 Å². The van der Waals surface area contributed by atoms with Crippen molar-refractivity contribution in [3.05, 3.63) is 40.9 Å². The van der Waals surface area contributed by atoms with Crippen LogP contribution in [0, 0.1) is 5.41 Å². The highest BCUT2D eigenvalue weighted by atomic mass is 79.9. The highest BCUT2D eigenvalue weighted by Crippen LogP contribution is 2.23. The first kappa shape index (κ1) is 12.4. The van der Waals surface area contributed by atoms with Crippen LogP contribution in [-0.2, 0) is 19.4 Å². The summed E-state index contributed by atoms with van der Waals surface area (Å²) in [6.07, 6.45) is 3.43. The van der Waals surface area contributed by atoms with E-state index in [1.807, 2.05) is 6.07 Å². The first-order valence-electron chi connectivity index (χ1n) is 6.01. The van der Waals surface area contributed by atoms with Crippen molar-refractivity contribution in [3.8, 4) is 0 Å². The zero-order valence-corrected chi connectivity index (χ0v) is 11.7. The monoisotopic (exact) mass is 292 g/mol. The average Bonchev–Trinajstić information content (AvgIpc) is 2.79.